The van der Waals surface area contributed by atoms with Gasteiger partial charge in [0.15, 0.2) is 5.78 Å². The molecule has 1 heterocycles. The van der Waals surface area contributed by atoms with E-state index in [0.29, 0.717) is 11.4 Å². The maximum atomic E-state index is 11.9. The molecule has 0 spiro atoms. The Kier molecular flexibility index (Phi) is 9.92. The van der Waals surface area contributed by atoms with Gasteiger partial charge in [-0.2, -0.15) is 0 Å². The molecule has 1 aromatic heterocycles. The van der Waals surface area contributed by atoms with Gasteiger partial charge >= 0.3 is 0 Å². The first-order valence-corrected chi connectivity index (χ1v) is 10.9. The van der Waals surface area contributed by atoms with E-state index >= 15 is 0 Å². The van der Waals surface area contributed by atoms with Crippen molar-refractivity contribution < 1.29 is 14.4 Å². The minimum absolute atomic E-state index is 0.0236. The van der Waals surface area contributed by atoms with E-state index in [-0.39, 0.29) is 43.4 Å². The lowest BCUT2D eigenvalue weighted by atomic mass is 10.2. The molecule has 7 heteroatoms. The van der Waals surface area contributed by atoms with Gasteiger partial charge in [-0.25, -0.2) is 0 Å². The van der Waals surface area contributed by atoms with Gasteiger partial charge in [-0.05, 0) is 36.9 Å². The Bertz CT molecular complexity index is 763. The van der Waals surface area contributed by atoms with E-state index in [2.05, 4.69) is 34.6 Å². The molecule has 0 saturated carbocycles. The molecule has 0 aliphatic rings. The van der Waals surface area contributed by atoms with E-state index in [0.717, 1.165) is 19.5 Å². The first-order valence-electron chi connectivity index (χ1n) is 10.00. The number of carbonyl (C=O) groups excluding carboxylic acids is 3. The maximum Gasteiger partial charge on any atom is 0.221 e. The summed E-state index contributed by atoms with van der Waals surface area (Å²) in [6, 6.07) is 13.8. The van der Waals surface area contributed by atoms with Crippen LogP contribution < -0.4 is 15.5 Å². The fourth-order valence-electron chi connectivity index (χ4n) is 2.89. The predicted molar refractivity (Wildman–Crippen MR) is 117 cm³/mol. The molecule has 2 N–H and O–H groups in total. The van der Waals surface area contributed by atoms with Crippen molar-refractivity contribution in [2.45, 2.75) is 32.6 Å². The Balaban J connectivity index is 1.53. The predicted octanol–water partition coefficient (Wildman–Crippen LogP) is 3.25. The number of ketones is 1. The second-order valence-corrected chi connectivity index (χ2v) is 7.57. The minimum atomic E-state index is -0.204. The number of anilines is 1. The van der Waals surface area contributed by atoms with Crippen LogP contribution in [0.4, 0.5) is 5.69 Å². The number of rotatable bonds is 13. The fraction of sp³-hybridized carbons (Fsp3) is 0.409. The van der Waals surface area contributed by atoms with Gasteiger partial charge in [0.2, 0.25) is 11.8 Å². The molecule has 0 saturated heterocycles. The summed E-state index contributed by atoms with van der Waals surface area (Å²) in [5, 5.41) is 7.42. The molecule has 0 unspecified atom stereocenters. The zero-order chi connectivity index (χ0) is 20.9. The summed E-state index contributed by atoms with van der Waals surface area (Å²) in [5.41, 5.74) is 1.18. The molecular formula is C22H29N3O3S. The first-order chi connectivity index (χ1) is 14.1. The molecule has 0 aliphatic heterocycles. The van der Waals surface area contributed by atoms with Crippen LogP contribution >= 0.6 is 11.3 Å². The number of hydrogen-bond acceptors (Lipinski definition) is 5. The molecule has 0 fully saturated rings. The standard InChI is InChI=1S/C22H29N3O3S/c1-2-25(18-8-4-3-5-9-18)16-7-14-23-22(28)13-15-24-21(27)12-11-19(26)20-10-6-17-29-20/h3-6,8-10,17H,2,7,11-16H2,1H3,(H,23,28)(H,24,27). The Labute approximate surface area is 176 Å². The normalized spacial score (nSPS) is 10.4. The highest BCUT2D eigenvalue weighted by atomic mass is 32.1. The Morgan fingerprint density at radius 1 is 0.897 bits per heavy atom. The van der Waals surface area contributed by atoms with Crippen molar-refractivity contribution in [3.05, 3.63) is 52.7 Å². The Morgan fingerprint density at radius 2 is 1.62 bits per heavy atom. The van der Waals surface area contributed by atoms with Crippen molar-refractivity contribution >= 4 is 34.6 Å². The molecule has 0 atom stereocenters. The molecule has 0 radical (unpaired) electrons. The van der Waals surface area contributed by atoms with E-state index in [1.807, 2.05) is 29.6 Å². The van der Waals surface area contributed by atoms with Gasteiger partial charge in [-0.3, -0.25) is 14.4 Å². The average molecular weight is 416 g/mol. The topological polar surface area (TPSA) is 78.5 Å². The highest BCUT2D eigenvalue weighted by Crippen LogP contribution is 2.13. The molecule has 2 amide bonds. The van der Waals surface area contributed by atoms with Crippen molar-refractivity contribution in [3.63, 3.8) is 0 Å². The summed E-state index contributed by atoms with van der Waals surface area (Å²) in [6.45, 7) is 4.78. The molecule has 6 nitrogen and oxygen atoms in total. The smallest absolute Gasteiger partial charge is 0.221 e. The van der Waals surface area contributed by atoms with Crippen LogP contribution in [0, 0.1) is 0 Å². The minimum Gasteiger partial charge on any atom is -0.372 e. The first kappa shape index (κ1) is 22.6. The van der Waals surface area contributed by atoms with Crippen LogP contribution in [0.2, 0.25) is 0 Å². The van der Waals surface area contributed by atoms with Crippen molar-refractivity contribution in [2.75, 3.05) is 31.1 Å². The van der Waals surface area contributed by atoms with Crippen LogP contribution in [-0.2, 0) is 9.59 Å². The van der Waals surface area contributed by atoms with Gasteiger partial charge in [-0.1, -0.05) is 24.3 Å². The molecule has 0 aliphatic carbocycles. The lowest BCUT2D eigenvalue weighted by Crippen LogP contribution is -2.33. The van der Waals surface area contributed by atoms with E-state index in [1.165, 1.54) is 17.0 Å². The van der Waals surface area contributed by atoms with Crippen molar-refractivity contribution in [2.24, 2.45) is 0 Å². The monoisotopic (exact) mass is 415 g/mol. The summed E-state index contributed by atoms with van der Waals surface area (Å²) in [6.07, 6.45) is 1.42. The second-order valence-electron chi connectivity index (χ2n) is 6.62. The molecule has 0 bridgehead atoms. The number of benzene rings is 1. The second kappa shape index (κ2) is 12.7. The number of amides is 2. The number of nitrogens with one attached hydrogen (secondary N) is 2. The zero-order valence-electron chi connectivity index (χ0n) is 16.9. The van der Waals surface area contributed by atoms with Crippen molar-refractivity contribution in [1.82, 2.24) is 10.6 Å². The van der Waals surface area contributed by atoms with Gasteiger partial charge in [0.1, 0.15) is 0 Å². The summed E-state index contributed by atoms with van der Waals surface area (Å²) in [4.78, 5) is 38.5. The number of thiophene rings is 1. The summed E-state index contributed by atoms with van der Waals surface area (Å²) in [5.74, 6) is -0.309. The quantitative estimate of drug-likeness (QED) is 0.389. The summed E-state index contributed by atoms with van der Waals surface area (Å²) < 4.78 is 0. The molecule has 1 aromatic carbocycles. The molecule has 2 rings (SSSR count). The number of Topliss-reactive ketones (excluding diaryl/α,β-unsaturated/α-hetero) is 1. The van der Waals surface area contributed by atoms with E-state index in [9.17, 15) is 14.4 Å². The molecule has 156 valence electrons. The van der Waals surface area contributed by atoms with Crippen LogP contribution in [0.3, 0.4) is 0 Å². The van der Waals surface area contributed by atoms with Crippen LogP contribution in [0.1, 0.15) is 42.3 Å². The van der Waals surface area contributed by atoms with E-state index in [1.54, 1.807) is 6.07 Å². The highest BCUT2D eigenvalue weighted by Gasteiger charge is 2.10. The van der Waals surface area contributed by atoms with Gasteiger partial charge in [0.05, 0.1) is 4.88 Å². The molecular weight excluding hydrogens is 386 g/mol. The van der Waals surface area contributed by atoms with Gasteiger partial charge in [0, 0.05) is 51.1 Å². The van der Waals surface area contributed by atoms with Crippen molar-refractivity contribution in [3.8, 4) is 0 Å². The zero-order valence-corrected chi connectivity index (χ0v) is 17.7. The van der Waals surface area contributed by atoms with Gasteiger partial charge in [0.25, 0.3) is 0 Å². The highest BCUT2D eigenvalue weighted by molar-refractivity contribution is 7.12. The third kappa shape index (κ3) is 8.48. The molecule has 29 heavy (non-hydrogen) atoms. The van der Waals surface area contributed by atoms with Crippen LogP contribution in [0.25, 0.3) is 0 Å². The van der Waals surface area contributed by atoms with Crippen LogP contribution in [0.15, 0.2) is 47.8 Å². The number of para-hydroxylation sites is 1. The Hall–Kier alpha value is -2.67. The number of carbonyl (C=O) groups is 3. The number of hydrogen-bond donors (Lipinski definition) is 2. The van der Waals surface area contributed by atoms with Crippen molar-refractivity contribution in [1.29, 1.82) is 0 Å². The summed E-state index contributed by atoms with van der Waals surface area (Å²) >= 11 is 1.38. The van der Waals surface area contributed by atoms with Crippen LogP contribution in [-0.4, -0.2) is 43.8 Å². The largest absolute Gasteiger partial charge is 0.372 e. The molecule has 2 aromatic rings. The summed E-state index contributed by atoms with van der Waals surface area (Å²) in [7, 11) is 0. The van der Waals surface area contributed by atoms with Crippen LogP contribution in [0.5, 0.6) is 0 Å². The number of nitrogens with zero attached hydrogens (tertiary/aromatic N) is 1. The lowest BCUT2D eigenvalue weighted by Gasteiger charge is -2.23. The SMILES string of the molecule is CCN(CCCNC(=O)CCNC(=O)CCC(=O)c1cccs1)c1ccccc1. The fourth-order valence-corrected chi connectivity index (χ4v) is 3.58. The maximum absolute atomic E-state index is 11.9. The third-order valence-electron chi connectivity index (χ3n) is 4.48. The third-order valence-corrected chi connectivity index (χ3v) is 5.39. The lowest BCUT2D eigenvalue weighted by molar-refractivity contribution is -0.122. The Morgan fingerprint density at radius 3 is 2.31 bits per heavy atom. The van der Waals surface area contributed by atoms with Gasteiger partial charge in [-0.15, -0.1) is 11.3 Å². The average Bonchev–Trinajstić information content (AvgIpc) is 3.28. The van der Waals surface area contributed by atoms with E-state index < -0.39 is 0 Å². The van der Waals surface area contributed by atoms with Gasteiger partial charge < -0.3 is 15.5 Å². The van der Waals surface area contributed by atoms with E-state index in [4.69, 9.17) is 0 Å².